The van der Waals surface area contributed by atoms with Crippen molar-refractivity contribution in [2.75, 3.05) is 13.1 Å². The molecule has 4 nitrogen and oxygen atoms in total. The Kier molecular flexibility index (Phi) is 4.27. The highest BCUT2D eigenvalue weighted by molar-refractivity contribution is 6.31. The van der Waals surface area contributed by atoms with Gasteiger partial charge in [0.05, 0.1) is 6.54 Å². The van der Waals surface area contributed by atoms with Crippen LogP contribution < -0.4 is 0 Å². The van der Waals surface area contributed by atoms with Crippen LogP contribution in [0, 0.1) is 6.92 Å². The summed E-state index contributed by atoms with van der Waals surface area (Å²) in [6, 6.07) is 10.6. The van der Waals surface area contributed by atoms with Gasteiger partial charge in [0.2, 0.25) is 0 Å². The molecule has 5 rings (SSSR count). The third-order valence-corrected chi connectivity index (χ3v) is 6.74. The zero-order valence-electron chi connectivity index (χ0n) is 16.5. The van der Waals surface area contributed by atoms with Gasteiger partial charge in [0.1, 0.15) is 5.60 Å². The van der Waals surface area contributed by atoms with Crippen LogP contribution in [0.15, 0.2) is 36.5 Å². The Bertz CT molecular complexity index is 1040. The molecule has 146 valence electrons. The van der Waals surface area contributed by atoms with Crippen LogP contribution in [0.5, 0.6) is 0 Å². The highest BCUT2D eigenvalue weighted by Crippen LogP contribution is 2.44. The second-order valence-electron chi connectivity index (χ2n) is 8.51. The fourth-order valence-electron chi connectivity index (χ4n) is 5.08. The number of pyridine rings is 1. The number of halogens is 1. The summed E-state index contributed by atoms with van der Waals surface area (Å²) in [7, 11) is 0. The molecule has 1 saturated heterocycles. The van der Waals surface area contributed by atoms with Crippen molar-refractivity contribution in [3.63, 3.8) is 0 Å². The van der Waals surface area contributed by atoms with Crippen molar-refractivity contribution in [1.29, 1.82) is 0 Å². The average Bonchev–Trinajstić information content (AvgIpc) is 3.25. The minimum absolute atomic E-state index is 0.483. The summed E-state index contributed by atoms with van der Waals surface area (Å²) in [5.41, 5.74) is 4.77. The van der Waals surface area contributed by atoms with Gasteiger partial charge in [0, 0.05) is 58.1 Å². The molecule has 28 heavy (non-hydrogen) atoms. The minimum atomic E-state index is -0.993. The number of fused-ring (bicyclic) bond motifs is 5. The first-order valence-electron chi connectivity index (χ1n) is 10.1. The summed E-state index contributed by atoms with van der Waals surface area (Å²) in [6.45, 7) is 6.64. The van der Waals surface area contributed by atoms with E-state index in [0.29, 0.717) is 12.6 Å². The zero-order valence-corrected chi connectivity index (χ0v) is 17.2. The molecule has 0 spiro atoms. The monoisotopic (exact) mass is 395 g/mol. The van der Waals surface area contributed by atoms with Crippen molar-refractivity contribution in [2.24, 2.45) is 0 Å². The standard InChI is InChI=1S/C23H26ClN3O/c1-15-5-6-16(13-25-15)23(2,28)14-27-19-8-7-17(24)12-18(19)22-20-4-3-10-26(20)11-9-21(22)27/h5-8,12-13,20,28H,3-4,9-11,14H2,1-2H3. The molecule has 0 radical (unpaired) electrons. The SMILES string of the molecule is Cc1ccc(C(C)(O)Cn2c3c(c4cc(Cl)ccc42)C2CCCN2CC3)cn1. The maximum absolute atomic E-state index is 11.4. The number of hydrogen-bond donors (Lipinski definition) is 1. The Morgan fingerprint density at radius 3 is 2.89 bits per heavy atom. The number of aromatic nitrogens is 2. The molecule has 5 heteroatoms. The highest BCUT2D eigenvalue weighted by Gasteiger charge is 2.36. The molecule has 0 saturated carbocycles. The third kappa shape index (κ3) is 2.86. The van der Waals surface area contributed by atoms with Gasteiger partial charge in [-0.2, -0.15) is 0 Å². The Balaban J connectivity index is 1.65. The lowest BCUT2D eigenvalue weighted by atomic mass is 9.95. The molecule has 1 fully saturated rings. The van der Waals surface area contributed by atoms with Gasteiger partial charge in [-0.1, -0.05) is 17.7 Å². The molecular formula is C23H26ClN3O. The van der Waals surface area contributed by atoms with Gasteiger partial charge in [-0.25, -0.2) is 0 Å². The summed E-state index contributed by atoms with van der Waals surface area (Å²) >= 11 is 6.38. The van der Waals surface area contributed by atoms with Crippen LogP contribution in [0.3, 0.4) is 0 Å². The van der Waals surface area contributed by atoms with Gasteiger partial charge in [0.25, 0.3) is 0 Å². The maximum atomic E-state index is 11.4. The van der Waals surface area contributed by atoms with Gasteiger partial charge >= 0.3 is 0 Å². The van der Waals surface area contributed by atoms with Crippen molar-refractivity contribution in [2.45, 2.75) is 51.3 Å². The van der Waals surface area contributed by atoms with Crippen molar-refractivity contribution < 1.29 is 5.11 Å². The van der Waals surface area contributed by atoms with E-state index in [4.69, 9.17) is 11.6 Å². The number of benzene rings is 1. The summed E-state index contributed by atoms with van der Waals surface area (Å²) < 4.78 is 2.33. The predicted octanol–water partition coefficient (Wildman–Crippen LogP) is 4.60. The predicted molar refractivity (Wildman–Crippen MR) is 113 cm³/mol. The minimum Gasteiger partial charge on any atom is -0.384 e. The highest BCUT2D eigenvalue weighted by atomic mass is 35.5. The molecule has 2 atom stereocenters. The lowest BCUT2D eigenvalue weighted by molar-refractivity contribution is 0.0380. The first kappa shape index (κ1) is 18.2. The van der Waals surface area contributed by atoms with Crippen LogP contribution >= 0.6 is 11.6 Å². The van der Waals surface area contributed by atoms with Crippen LogP contribution in [0.1, 0.15) is 48.3 Å². The van der Waals surface area contributed by atoms with E-state index in [9.17, 15) is 5.11 Å². The topological polar surface area (TPSA) is 41.3 Å². The van der Waals surface area contributed by atoms with Crippen molar-refractivity contribution in [3.8, 4) is 0 Å². The molecule has 0 bridgehead atoms. The lowest BCUT2D eigenvalue weighted by Crippen LogP contribution is -2.33. The Morgan fingerprint density at radius 2 is 2.11 bits per heavy atom. The van der Waals surface area contributed by atoms with E-state index < -0.39 is 5.60 Å². The number of aliphatic hydroxyl groups is 1. The number of nitrogens with zero attached hydrogens (tertiary/aromatic N) is 3. The van der Waals surface area contributed by atoms with E-state index in [1.54, 1.807) is 6.20 Å². The van der Waals surface area contributed by atoms with Crippen LogP contribution in [0.25, 0.3) is 10.9 Å². The quantitative estimate of drug-likeness (QED) is 0.704. The van der Waals surface area contributed by atoms with Gasteiger partial charge in [-0.15, -0.1) is 0 Å². The number of aryl methyl sites for hydroxylation is 1. The number of hydrogen-bond acceptors (Lipinski definition) is 3. The second kappa shape index (κ2) is 6.58. The number of rotatable bonds is 3. The fraction of sp³-hybridized carbons (Fsp3) is 0.435. The van der Waals surface area contributed by atoms with E-state index >= 15 is 0 Å². The Hall–Kier alpha value is -1.88. The summed E-state index contributed by atoms with van der Waals surface area (Å²) in [4.78, 5) is 6.99. The normalized spacial score (nSPS) is 21.5. The molecule has 2 unspecified atom stereocenters. The summed E-state index contributed by atoms with van der Waals surface area (Å²) in [6.07, 6.45) is 5.27. The molecule has 0 amide bonds. The lowest BCUT2D eigenvalue weighted by Gasteiger charge is -2.32. The van der Waals surface area contributed by atoms with Crippen LogP contribution in [0.4, 0.5) is 0 Å². The largest absolute Gasteiger partial charge is 0.384 e. The molecule has 3 aromatic rings. The van der Waals surface area contributed by atoms with E-state index in [0.717, 1.165) is 29.2 Å². The zero-order chi connectivity index (χ0) is 19.5. The van der Waals surface area contributed by atoms with Crippen LogP contribution in [0.2, 0.25) is 5.02 Å². The van der Waals surface area contributed by atoms with Gasteiger partial charge in [0.15, 0.2) is 0 Å². The van der Waals surface area contributed by atoms with E-state index in [1.165, 1.54) is 41.5 Å². The second-order valence-corrected chi connectivity index (χ2v) is 8.95. The molecule has 2 aliphatic heterocycles. The van der Waals surface area contributed by atoms with Gasteiger partial charge in [-0.05, 0) is 63.1 Å². The maximum Gasteiger partial charge on any atom is 0.106 e. The molecule has 1 aromatic carbocycles. The molecule has 2 aliphatic rings. The summed E-state index contributed by atoms with van der Waals surface area (Å²) in [5, 5.41) is 13.4. The average molecular weight is 396 g/mol. The van der Waals surface area contributed by atoms with E-state index in [2.05, 4.69) is 26.6 Å². The van der Waals surface area contributed by atoms with Gasteiger partial charge < -0.3 is 9.67 Å². The Morgan fingerprint density at radius 1 is 1.25 bits per heavy atom. The molecule has 2 aromatic heterocycles. The van der Waals surface area contributed by atoms with Crippen LogP contribution in [-0.4, -0.2) is 32.6 Å². The van der Waals surface area contributed by atoms with Crippen molar-refractivity contribution in [1.82, 2.24) is 14.5 Å². The molecular weight excluding hydrogens is 370 g/mol. The molecule has 4 heterocycles. The van der Waals surface area contributed by atoms with E-state index in [1.807, 2.05) is 32.0 Å². The fourth-order valence-corrected chi connectivity index (χ4v) is 5.26. The summed E-state index contributed by atoms with van der Waals surface area (Å²) in [5.74, 6) is 0. The van der Waals surface area contributed by atoms with Crippen molar-refractivity contribution >= 4 is 22.5 Å². The van der Waals surface area contributed by atoms with E-state index in [-0.39, 0.29) is 0 Å². The van der Waals surface area contributed by atoms with Crippen molar-refractivity contribution in [3.05, 3.63) is 64.1 Å². The Labute approximate surface area is 170 Å². The third-order valence-electron chi connectivity index (χ3n) is 6.51. The first-order valence-corrected chi connectivity index (χ1v) is 10.5. The first-order chi connectivity index (χ1) is 13.4. The van der Waals surface area contributed by atoms with Crippen LogP contribution in [-0.2, 0) is 18.6 Å². The van der Waals surface area contributed by atoms with Gasteiger partial charge in [-0.3, -0.25) is 9.88 Å². The smallest absolute Gasteiger partial charge is 0.106 e. The molecule has 1 N–H and O–H groups in total. The molecule has 0 aliphatic carbocycles.